The highest BCUT2D eigenvalue weighted by molar-refractivity contribution is 7.16. The maximum Gasteiger partial charge on any atom is 0.573 e. The van der Waals surface area contributed by atoms with Crippen molar-refractivity contribution >= 4 is 22.4 Å². The summed E-state index contributed by atoms with van der Waals surface area (Å²) in [4.78, 5) is 18.8. The second-order valence-corrected chi connectivity index (χ2v) is 6.44. The molecule has 152 valence electrons. The number of thiazole rings is 1. The summed E-state index contributed by atoms with van der Waals surface area (Å²) in [7, 11) is 0. The van der Waals surface area contributed by atoms with E-state index < -0.39 is 34.8 Å². The Balaban J connectivity index is 1.88. The highest BCUT2D eigenvalue weighted by atomic mass is 32.1. The van der Waals surface area contributed by atoms with Crippen molar-refractivity contribution in [3.8, 4) is 17.1 Å². The first-order chi connectivity index (χ1) is 13.5. The largest absolute Gasteiger partial charge is 0.573 e. The molecular weight excluding hydrogens is 424 g/mol. The van der Waals surface area contributed by atoms with Gasteiger partial charge in [-0.2, -0.15) is 13.2 Å². The zero-order valence-corrected chi connectivity index (χ0v) is 14.8. The molecule has 0 aliphatic heterocycles. The molecular formula is C17H9F6N3O2S. The third-order valence-electron chi connectivity index (χ3n) is 3.34. The van der Waals surface area contributed by atoms with E-state index in [2.05, 4.69) is 20.0 Å². The number of carbonyl (C=O) groups is 1. The lowest BCUT2D eigenvalue weighted by molar-refractivity contribution is -0.274. The van der Waals surface area contributed by atoms with Gasteiger partial charge in [-0.1, -0.05) is 23.5 Å². The third-order valence-corrected chi connectivity index (χ3v) is 4.36. The molecule has 0 spiro atoms. The van der Waals surface area contributed by atoms with Crippen LogP contribution in [0.2, 0.25) is 0 Å². The number of ether oxygens (including phenoxy) is 1. The zero-order chi connectivity index (χ0) is 21.2. The Morgan fingerprint density at radius 1 is 1.03 bits per heavy atom. The van der Waals surface area contributed by atoms with Crippen LogP contribution in [0.1, 0.15) is 15.2 Å². The number of carbonyl (C=O) groups excluding carboxylic acids is 1. The van der Waals surface area contributed by atoms with Gasteiger partial charge in [-0.3, -0.25) is 15.1 Å². The Kier molecular flexibility index (Phi) is 5.46. The fourth-order valence-electron chi connectivity index (χ4n) is 2.25. The van der Waals surface area contributed by atoms with Gasteiger partial charge >= 0.3 is 12.5 Å². The van der Waals surface area contributed by atoms with Crippen LogP contribution in [0.5, 0.6) is 5.75 Å². The molecule has 2 heterocycles. The minimum absolute atomic E-state index is 0.0443. The first kappa shape index (κ1) is 20.6. The van der Waals surface area contributed by atoms with Crippen LogP contribution in [0, 0.1) is 0 Å². The van der Waals surface area contributed by atoms with Crippen LogP contribution in [0.15, 0.2) is 48.7 Å². The molecule has 29 heavy (non-hydrogen) atoms. The Morgan fingerprint density at radius 3 is 2.41 bits per heavy atom. The average molecular weight is 433 g/mol. The fraction of sp³-hybridized carbons (Fsp3) is 0.118. The van der Waals surface area contributed by atoms with E-state index in [-0.39, 0.29) is 27.7 Å². The quantitative estimate of drug-likeness (QED) is 0.562. The number of pyridine rings is 1. The van der Waals surface area contributed by atoms with Crippen molar-refractivity contribution in [2.24, 2.45) is 0 Å². The van der Waals surface area contributed by atoms with Gasteiger partial charge < -0.3 is 4.74 Å². The lowest BCUT2D eigenvalue weighted by Crippen LogP contribution is -2.18. The number of amides is 1. The number of alkyl halides is 6. The highest BCUT2D eigenvalue weighted by Gasteiger charge is 2.38. The van der Waals surface area contributed by atoms with Gasteiger partial charge in [0.15, 0.2) is 5.13 Å². The number of hydrogen-bond acceptors (Lipinski definition) is 5. The van der Waals surface area contributed by atoms with E-state index in [1.54, 1.807) is 0 Å². The minimum Gasteiger partial charge on any atom is -0.406 e. The molecule has 0 bridgehead atoms. The van der Waals surface area contributed by atoms with E-state index in [1.807, 2.05) is 0 Å². The van der Waals surface area contributed by atoms with Crippen molar-refractivity contribution in [1.82, 2.24) is 9.97 Å². The Morgan fingerprint density at radius 2 is 1.79 bits per heavy atom. The lowest BCUT2D eigenvalue weighted by Gasteiger charge is -2.09. The summed E-state index contributed by atoms with van der Waals surface area (Å²) < 4.78 is 80.6. The summed E-state index contributed by atoms with van der Waals surface area (Å²) in [6, 6.07) is 8.42. The first-order valence-corrected chi connectivity index (χ1v) is 8.51. The molecule has 0 fully saturated rings. The van der Waals surface area contributed by atoms with Crippen molar-refractivity contribution in [3.63, 3.8) is 0 Å². The molecule has 0 aliphatic rings. The smallest absolute Gasteiger partial charge is 0.406 e. The lowest BCUT2D eigenvalue weighted by atomic mass is 10.2. The van der Waals surface area contributed by atoms with E-state index >= 15 is 0 Å². The van der Waals surface area contributed by atoms with Crippen molar-refractivity contribution in [3.05, 3.63) is 59.1 Å². The SMILES string of the molecule is O=C(Nc1nc(-c2ccccn2)c(C(F)(F)F)s1)c1cccc(OC(F)(F)F)c1. The van der Waals surface area contributed by atoms with Crippen molar-refractivity contribution in [2.45, 2.75) is 12.5 Å². The van der Waals surface area contributed by atoms with Gasteiger partial charge in [0.1, 0.15) is 16.3 Å². The third kappa shape index (κ3) is 5.22. The molecule has 3 rings (SSSR count). The van der Waals surface area contributed by atoms with Crippen LogP contribution in [-0.4, -0.2) is 22.2 Å². The molecule has 0 radical (unpaired) electrons. The Bertz CT molecular complexity index is 1020. The van der Waals surface area contributed by atoms with Crippen molar-refractivity contribution < 1.29 is 35.9 Å². The van der Waals surface area contributed by atoms with Gasteiger partial charge in [-0.05, 0) is 30.3 Å². The molecule has 12 heteroatoms. The summed E-state index contributed by atoms with van der Waals surface area (Å²) in [5.74, 6) is -1.60. The zero-order valence-electron chi connectivity index (χ0n) is 14.0. The van der Waals surface area contributed by atoms with Gasteiger partial charge in [0.2, 0.25) is 0 Å². The number of anilines is 1. The summed E-state index contributed by atoms with van der Waals surface area (Å²) >= 11 is 0.179. The number of nitrogens with zero attached hydrogens (tertiary/aromatic N) is 2. The Labute approximate surface area is 163 Å². The summed E-state index contributed by atoms with van der Waals surface area (Å²) in [6.07, 6.45) is -8.41. The molecule has 0 unspecified atom stereocenters. The number of benzene rings is 1. The van der Waals surface area contributed by atoms with E-state index in [0.717, 1.165) is 18.2 Å². The second kappa shape index (κ2) is 7.70. The molecule has 1 aromatic carbocycles. The van der Waals surface area contributed by atoms with E-state index in [0.29, 0.717) is 0 Å². The monoisotopic (exact) mass is 433 g/mol. The molecule has 0 atom stereocenters. The van der Waals surface area contributed by atoms with Crippen molar-refractivity contribution in [2.75, 3.05) is 5.32 Å². The van der Waals surface area contributed by atoms with Gasteiger partial charge in [-0.15, -0.1) is 13.2 Å². The molecule has 5 nitrogen and oxygen atoms in total. The van der Waals surface area contributed by atoms with E-state index in [4.69, 9.17) is 0 Å². The van der Waals surface area contributed by atoms with Crippen LogP contribution < -0.4 is 10.1 Å². The van der Waals surface area contributed by atoms with Crippen LogP contribution in [0.25, 0.3) is 11.4 Å². The first-order valence-electron chi connectivity index (χ1n) is 7.69. The average Bonchev–Trinajstić information content (AvgIpc) is 3.05. The van der Waals surface area contributed by atoms with Gasteiger partial charge in [-0.25, -0.2) is 4.98 Å². The summed E-state index contributed by atoms with van der Waals surface area (Å²) in [6.45, 7) is 0. The van der Waals surface area contributed by atoms with Crippen LogP contribution in [0.3, 0.4) is 0 Å². The maximum atomic E-state index is 13.3. The predicted octanol–water partition coefficient (Wildman–Crippen LogP) is 5.37. The summed E-state index contributed by atoms with van der Waals surface area (Å²) in [5.41, 5.74) is -0.764. The minimum atomic E-state index is -4.95. The molecule has 1 N–H and O–H groups in total. The summed E-state index contributed by atoms with van der Waals surface area (Å²) in [5, 5.41) is 1.77. The van der Waals surface area contributed by atoms with Crippen LogP contribution in [-0.2, 0) is 6.18 Å². The Hall–Kier alpha value is -3.15. The number of hydrogen-bond donors (Lipinski definition) is 1. The highest BCUT2D eigenvalue weighted by Crippen LogP contribution is 2.42. The second-order valence-electron chi connectivity index (χ2n) is 5.44. The fourth-order valence-corrected chi connectivity index (χ4v) is 3.08. The normalized spacial score (nSPS) is 11.9. The predicted molar refractivity (Wildman–Crippen MR) is 91.4 cm³/mol. The number of aromatic nitrogens is 2. The van der Waals surface area contributed by atoms with Gasteiger partial charge in [0, 0.05) is 11.8 Å². The van der Waals surface area contributed by atoms with Gasteiger partial charge in [0.05, 0.1) is 5.69 Å². The molecule has 0 saturated carbocycles. The van der Waals surface area contributed by atoms with Crippen LogP contribution in [0.4, 0.5) is 31.5 Å². The van der Waals surface area contributed by atoms with E-state index in [9.17, 15) is 31.1 Å². The number of rotatable bonds is 4. The van der Waals surface area contributed by atoms with Gasteiger partial charge in [0.25, 0.3) is 5.91 Å². The van der Waals surface area contributed by atoms with Crippen molar-refractivity contribution in [1.29, 1.82) is 0 Å². The van der Waals surface area contributed by atoms with Crippen LogP contribution >= 0.6 is 11.3 Å². The molecule has 0 saturated heterocycles. The molecule has 2 aromatic heterocycles. The number of nitrogens with one attached hydrogen (secondary N) is 1. The standard InChI is InChI=1S/C17H9F6N3O2S/c18-16(19,20)13-12(11-6-1-2-7-24-11)25-15(29-13)26-14(27)9-4-3-5-10(8-9)28-17(21,22)23/h1-8H,(H,25,26,27). The topological polar surface area (TPSA) is 64.1 Å². The molecule has 1 amide bonds. The molecule has 3 aromatic rings. The molecule has 0 aliphatic carbocycles. The number of halogens is 6. The maximum absolute atomic E-state index is 13.3. The van der Waals surface area contributed by atoms with E-state index in [1.165, 1.54) is 30.5 Å².